The first kappa shape index (κ1) is 14.4. The summed E-state index contributed by atoms with van der Waals surface area (Å²) in [6.45, 7) is 6.03. The summed E-state index contributed by atoms with van der Waals surface area (Å²) in [5.41, 5.74) is 0. The van der Waals surface area contributed by atoms with Gasteiger partial charge in [-0.1, -0.05) is 6.92 Å². The molecule has 1 aliphatic rings. The van der Waals surface area contributed by atoms with E-state index in [4.69, 9.17) is 5.11 Å². The summed E-state index contributed by atoms with van der Waals surface area (Å²) in [7, 11) is 0. The maximum Gasteiger partial charge on any atom is 0.320 e. The lowest BCUT2D eigenvalue weighted by Gasteiger charge is -2.33. The predicted octanol–water partition coefficient (Wildman–Crippen LogP) is 0.861. The Morgan fingerprint density at radius 3 is 2.90 bits per heavy atom. The van der Waals surface area contributed by atoms with E-state index in [-0.39, 0.29) is 12.6 Å². The molecule has 7 nitrogen and oxygen atoms in total. The van der Waals surface area contributed by atoms with Crippen LogP contribution in [0.15, 0.2) is 12.4 Å². The van der Waals surface area contributed by atoms with E-state index in [2.05, 4.69) is 4.98 Å². The van der Waals surface area contributed by atoms with Crippen LogP contribution in [0.1, 0.15) is 19.7 Å². The fraction of sp³-hybridized carbons (Fsp3) is 0.615. The van der Waals surface area contributed by atoms with E-state index in [0.717, 1.165) is 12.4 Å². The number of nitrogens with zero attached hydrogens (tertiary/aromatic N) is 4. The molecule has 1 aromatic heterocycles. The average Bonchev–Trinajstić information content (AvgIpc) is 2.90. The van der Waals surface area contributed by atoms with Crippen LogP contribution in [0.4, 0.5) is 4.79 Å². The second kappa shape index (κ2) is 5.94. The minimum Gasteiger partial charge on any atom is -0.481 e. The molecule has 1 atom stereocenters. The Morgan fingerprint density at radius 1 is 1.50 bits per heavy atom. The molecule has 1 N–H and O–H groups in total. The van der Waals surface area contributed by atoms with Crippen molar-refractivity contribution in [2.45, 2.75) is 26.9 Å². The van der Waals surface area contributed by atoms with Gasteiger partial charge in [0.15, 0.2) is 0 Å². The van der Waals surface area contributed by atoms with Gasteiger partial charge in [0.1, 0.15) is 5.82 Å². The van der Waals surface area contributed by atoms with E-state index in [1.807, 2.05) is 17.7 Å². The summed E-state index contributed by atoms with van der Waals surface area (Å²) in [5, 5.41) is 8.96. The third-order valence-electron chi connectivity index (χ3n) is 3.58. The highest BCUT2D eigenvalue weighted by molar-refractivity contribution is 5.76. The number of rotatable bonds is 4. The lowest BCUT2D eigenvalue weighted by molar-refractivity contribution is -0.141. The molecule has 20 heavy (non-hydrogen) atoms. The van der Waals surface area contributed by atoms with Crippen LogP contribution < -0.4 is 0 Å². The van der Waals surface area contributed by atoms with Crippen molar-refractivity contribution in [2.75, 3.05) is 19.6 Å². The zero-order chi connectivity index (χ0) is 14.7. The number of hydrogen-bond donors (Lipinski definition) is 1. The summed E-state index contributed by atoms with van der Waals surface area (Å²) in [4.78, 5) is 30.9. The lowest BCUT2D eigenvalue weighted by Crippen LogP contribution is -2.48. The van der Waals surface area contributed by atoms with E-state index in [0.29, 0.717) is 19.6 Å². The Balaban J connectivity index is 2.01. The van der Waals surface area contributed by atoms with E-state index in [1.165, 1.54) is 0 Å². The lowest BCUT2D eigenvalue weighted by atomic mass is 10.2. The van der Waals surface area contributed by atoms with Crippen LogP contribution in [0.5, 0.6) is 0 Å². The van der Waals surface area contributed by atoms with Gasteiger partial charge < -0.3 is 19.5 Å². The third-order valence-corrected chi connectivity index (χ3v) is 3.58. The van der Waals surface area contributed by atoms with Crippen molar-refractivity contribution in [1.29, 1.82) is 0 Å². The molecule has 2 heterocycles. The van der Waals surface area contributed by atoms with Crippen molar-refractivity contribution < 1.29 is 14.7 Å². The van der Waals surface area contributed by atoms with Crippen LogP contribution in [0.3, 0.4) is 0 Å². The van der Waals surface area contributed by atoms with Gasteiger partial charge in [-0.05, 0) is 6.92 Å². The molecule has 0 spiro atoms. The standard InChI is InChI=1S/C13H20N4O3/c1-3-15(8-10(2)12(18)19)13(20)17-7-6-16-5-4-14-11(16)9-17/h4-5,10H,3,6-9H2,1-2H3,(H,18,19). The number of imidazole rings is 1. The van der Waals surface area contributed by atoms with Crippen molar-refractivity contribution in [1.82, 2.24) is 19.4 Å². The van der Waals surface area contributed by atoms with E-state index >= 15 is 0 Å². The Labute approximate surface area is 117 Å². The van der Waals surface area contributed by atoms with Gasteiger partial charge in [0.05, 0.1) is 12.5 Å². The van der Waals surface area contributed by atoms with Crippen LogP contribution in [-0.2, 0) is 17.9 Å². The second-order valence-electron chi connectivity index (χ2n) is 5.02. The average molecular weight is 280 g/mol. The molecule has 0 radical (unpaired) electrons. The van der Waals surface area contributed by atoms with E-state index in [9.17, 15) is 9.59 Å². The highest BCUT2D eigenvalue weighted by Crippen LogP contribution is 2.13. The van der Waals surface area contributed by atoms with Crippen molar-refractivity contribution in [3.8, 4) is 0 Å². The van der Waals surface area contributed by atoms with Crippen molar-refractivity contribution >= 4 is 12.0 Å². The number of carboxylic acids is 1. The van der Waals surface area contributed by atoms with E-state index < -0.39 is 11.9 Å². The van der Waals surface area contributed by atoms with Gasteiger partial charge in [0.2, 0.25) is 0 Å². The second-order valence-corrected chi connectivity index (χ2v) is 5.02. The quantitative estimate of drug-likeness (QED) is 0.887. The topological polar surface area (TPSA) is 78.7 Å². The number of carbonyl (C=O) groups is 2. The maximum atomic E-state index is 12.4. The molecule has 0 aromatic carbocycles. The predicted molar refractivity (Wildman–Crippen MR) is 72.1 cm³/mol. The smallest absolute Gasteiger partial charge is 0.320 e. The molecule has 1 aliphatic heterocycles. The molecule has 1 unspecified atom stereocenters. The number of carboxylic acid groups (broad SMARTS) is 1. The van der Waals surface area contributed by atoms with Gasteiger partial charge in [0.25, 0.3) is 0 Å². The summed E-state index contributed by atoms with van der Waals surface area (Å²) < 4.78 is 2.03. The fourth-order valence-corrected chi connectivity index (χ4v) is 2.29. The zero-order valence-electron chi connectivity index (χ0n) is 11.8. The van der Waals surface area contributed by atoms with Crippen molar-refractivity contribution in [2.24, 2.45) is 5.92 Å². The molecule has 110 valence electrons. The van der Waals surface area contributed by atoms with Crippen LogP contribution in [0, 0.1) is 5.92 Å². The van der Waals surface area contributed by atoms with Gasteiger partial charge in [-0.2, -0.15) is 0 Å². The summed E-state index contributed by atoms with van der Waals surface area (Å²) in [6, 6.07) is -0.116. The first-order chi connectivity index (χ1) is 9.52. The summed E-state index contributed by atoms with van der Waals surface area (Å²) in [5.74, 6) is -0.581. The molecular formula is C13H20N4O3. The molecule has 1 aromatic rings. The molecule has 0 saturated heterocycles. The van der Waals surface area contributed by atoms with Crippen molar-refractivity contribution in [3.63, 3.8) is 0 Å². The molecule has 0 aliphatic carbocycles. The zero-order valence-corrected chi connectivity index (χ0v) is 11.8. The van der Waals surface area contributed by atoms with Gasteiger partial charge in [-0.25, -0.2) is 9.78 Å². The van der Waals surface area contributed by atoms with Crippen LogP contribution in [-0.4, -0.2) is 56.1 Å². The van der Waals surface area contributed by atoms with Crippen molar-refractivity contribution in [3.05, 3.63) is 18.2 Å². The molecule has 2 rings (SSSR count). The molecule has 0 bridgehead atoms. The largest absolute Gasteiger partial charge is 0.481 e. The molecule has 2 amide bonds. The van der Waals surface area contributed by atoms with Crippen LogP contribution >= 0.6 is 0 Å². The number of carbonyl (C=O) groups excluding carboxylic acids is 1. The number of urea groups is 1. The van der Waals surface area contributed by atoms with Crippen LogP contribution in [0.25, 0.3) is 0 Å². The number of aliphatic carboxylic acids is 1. The Hall–Kier alpha value is -2.05. The van der Waals surface area contributed by atoms with E-state index in [1.54, 1.807) is 22.9 Å². The highest BCUT2D eigenvalue weighted by Gasteiger charge is 2.26. The SMILES string of the molecule is CCN(CC(C)C(=O)O)C(=O)N1CCn2ccnc2C1. The number of aromatic nitrogens is 2. The third kappa shape index (κ3) is 2.92. The monoisotopic (exact) mass is 280 g/mol. The Bertz CT molecular complexity index is 500. The Morgan fingerprint density at radius 2 is 2.25 bits per heavy atom. The first-order valence-corrected chi connectivity index (χ1v) is 6.79. The first-order valence-electron chi connectivity index (χ1n) is 6.79. The molecule has 0 saturated carbocycles. The summed E-state index contributed by atoms with van der Waals surface area (Å²) in [6.07, 6.45) is 3.63. The van der Waals surface area contributed by atoms with Crippen LogP contribution in [0.2, 0.25) is 0 Å². The Kier molecular flexibility index (Phi) is 4.26. The molecule has 7 heteroatoms. The summed E-state index contributed by atoms with van der Waals surface area (Å²) >= 11 is 0. The molecule has 0 fully saturated rings. The maximum absolute atomic E-state index is 12.4. The number of fused-ring (bicyclic) bond motifs is 1. The number of hydrogen-bond acceptors (Lipinski definition) is 3. The highest BCUT2D eigenvalue weighted by atomic mass is 16.4. The minimum absolute atomic E-state index is 0.116. The fourth-order valence-electron chi connectivity index (χ4n) is 2.29. The van der Waals surface area contributed by atoms with Gasteiger partial charge in [-0.15, -0.1) is 0 Å². The van der Waals surface area contributed by atoms with Gasteiger partial charge >= 0.3 is 12.0 Å². The van der Waals surface area contributed by atoms with Gasteiger partial charge in [-0.3, -0.25) is 4.79 Å². The van der Waals surface area contributed by atoms with Gasteiger partial charge in [0, 0.05) is 38.6 Å². The normalized spacial score (nSPS) is 15.6. The molecular weight excluding hydrogens is 260 g/mol. The minimum atomic E-state index is -0.884. The number of amides is 2.